The van der Waals surface area contributed by atoms with Crippen LogP contribution in [0.25, 0.3) is 0 Å². The minimum atomic E-state index is -0.450. The first-order valence-corrected chi connectivity index (χ1v) is 10.2. The Balaban J connectivity index is 1.80. The van der Waals surface area contributed by atoms with Crippen LogP contribution in [-0.2, 0) is 11.3 Å². The van der Waals surface area contributed by atoms with Crippen LogP contribution in [-0.4, -0.2) is 68.3 Å². The minimum absolute atomic E-state index is 0.212. The molecular formula is C22H36N4O3. The first kappa shape index (κ1) is 22.8. The summed E-state index contributed by atoms with van der Waals surface area (Å²) >= 11 is 0. The molecule has 1 saturated heterocycles. The molecule has 1 fully saturated rings. The molecule has 1 aliphatic rings. The highest BCUT2D eigenvalue weighted by atomic mass is 16.6. The lowest BCUT2D eigenvalue weighted by Crippen LogP contribution is -2.45. The number of aliphatic imine (C=N–C) groups is 1. The fourth-order valence-corrected chi connectivity index (χ4v) is 3.43. The lowest BCUT2D eigenvalue weighted by atomic mass is 9.97. The molecule has 0 saturated carbocycles. The van der Waals surface area contributed by atoms with E-state index in [0.29, 0.717) is 12.5 Å². The van der Waals surface area contributed by atoms with Crippen LogP contribution in [0.5, 0.6) is 5.75 Å². The van der Waals surface area contributed by atoms with Crippen molar-refractivity contribution in [3.8, 4) is 5.75 Å². The fraction of sp³-hybridized carbons (Fsp3) is 0.636. The van der Waals surface area contributed by atoms with E-state index in [-0.39, 0.29) is 6.09 Å². The summed E-state index contributed by atoms with van der Waals surface area (Å²) < 4.78 is 10.9. The highest BCUT2D eigenvalue weighted by molar-refractivity contribution is 5.79. The van der Waals surface area contributed by atoms with Gasteiger partial charge in [-0.15, -0.1) is 0 Å². The number of piperidine rings is 1. The Morgan fingerprint density at radius 2 is 1.93 bits per heavy atom. The van der Waals surface area contributed by atoms with Gasteiger partial charge in [0.05, 0.1) is 7.11 Å². The van der Waals surface area contributed by atoms with Gasteiger partial charge in [0.2, 0.25) is 0 Å². The van der Waals surface area contributed by atoms with Crippen molar-refractivity contribution in [2.75, 3.05) is 40.8 Å². The topological polar surface area (TPSA) is 66.4 Å². The van der Waals surface area contributed by atoms with Crippen LogP contribution in [0, 0.1) is 5.92 Å². The maximum absolute atomic E-state index is 12.2. The van der Waals surface area contributed by atoms with E-state index < -0.39 is 5.60 Å². The summed E-state index contributed by atoms with van der Waals surface area (Å²) in [6.45, 7) is 8.71. The third kappa shape index (κ3) is 7.15. The van der Waals surface area contributed by atoms with E-state index in [9.17, 15) is 4.79 Å². The second-order valence-electron chi connectivity index (χ2n) is 8.51. The normalized spacial score (nSPS) is 15.8. The number of amides is 1. The van der Waals surface area contributed by atoms with Crippen molar-refractivity contribution in [2.24, 2.45) is 10.9 Å². The smallest absolute Gasteiger partial charge is 0.410 e. The molecule has 0 atom stereocenters. The van der Waals surface area contributed by atoms with Gasteiger partial charge in [-0.1, -0.05) is 18.2 Å². The van der Waals surface area contributed by atoms with E-state index in [1.165, 1.54) is 0 Å². The van der Waals surface area contributed by atoms with Gasteiger partial charge in [0.1, 0.15) is 11.4 Å². The van der Waals surface area contributed by atoms with Gasteiger partial charge in [0.25, 0.3) is 0 Å². The Morgan fingerprint density at radius 1 is 1.28 bits per heavy atom. The summed E-state index contributed by atoms with van der Waals surface area (Å²) in [6.07, 6.45) is 1.70. The summed E-state index contributed by atoms with van der Waals surface area (Å²) in [5.41, 5.74) is 0.666. The zero-order valence-corrected chi connectivity index (χ0v) is 18.7. The van der Waals surface area contributed by atoms with E-state index in [2.05, 4.69) is 21.3 Å². The average molecular weight is 405 g/mol. The van der Waals surface area contributed by atoms with Gasteiger partial charge in [0, 0.05) is 45.8 Å². The quantitative estimate of drug-likeness (QED) is 0.602. The van der Waals surface area contributed by atoms with Crippen LogP contribution < -0.4 is 10.1 Å². The van der Waals surface area contributed by atoms with E-state index in [1.54, 1.807) is 14.2 Å². The van der Waals surface area contributed by atoms with Crippen molar-refractivity contribution < 1.29 is 14.3 Å². The minimum Gasteiger partial charge on any atom is -0.496 e. The van der Waals surface area contributed by atoms with E-state index in [1.807, 2.05) is 50.9 Å². The Kier molecular flexibility index (Phi) is 8.17. The largest absolute Gasteiger partial charge is 0.496 e. The summed E-state index contributed by atoms with van der Waals surface area (Å²) in [5, 5.41) is 3.48. The maximum atomic E-state index is 12.2. The number of nitrogens with zero attached hydrogens (tertiary/aromatic N) is 3. The molecule has 162 valence electrons. The van der Waals surface area contributed by atoms with Gasteiger partial charge < -0.3 is 24.6 Å². The molecule has 1 heterocycles. The van der Waals surface area contributed by atoms with E-state index >= 15 is 0 Å². The van der Waals surface area contributed by atoms with Crippen LogP contribution in [0.2, 0.25) is 0 Å². The molecule has 0 bridgehead atoms. The molecule has 0 aromatic heterocycles. The van der Waals surface area contributed by atoms with Gasteiger partial charge in [-0.3, -0.25) is 4.99 Å². The number of carbonyl (C=O) groups excluding carboxylic acids is 1. The number of hydrogen-bond acceptors (Lipinski definition) is 4. The van der Waals surface area contributed by atoms with Gasteiger partial charge in [-0.25, -0.2) is 4.79 Å². The molecule has 1 aromatic carbocycles. The molecule has 0 spiro atoms. The van der Waals surface area contributed by atoms with Crippen molar-refractivity contribution in [1.82, 2.24) is 15.1 Å². The van der Waals surface area contributed by atoms with Crippen LogP contribution in [0.15, 0.2) is 29.3 Å². The second kappa shape index (κ2) is 10.4. The fourth-order valence-electron chi connectivity index (χ4n) is 3.43. The first-order chi connectivity index (χ1) is 13.7. The Labute approximate surface area is 175 Å². The summed E-state index contributed by atoms with van der Waals surface area (Å²) in [4.78, 5) is 20.5. The number of methoxy groups -OCH3 is 1. The maximum Gasteiger partial charge on any atom is 0.410 e. The van der Waals surface area contributed by atoms with Crippen LogP contribution >= 0.6 is 0 Å². The van der Waals surface area contributed by atoms with Gasteiger partial charge in [-0.2, -0.15) is 0 Å². The Morgan fingerprint density at radius 3 is 2.52 bits per heavy atom. The summed E-state index contributed by atoms with van der Waals surface area (Å²) in [6, 6.07) is 8.02. The average Bonchev–Trinajstić information content (AvgIpc) is 2.68. The van der Waals surface area contributed by atoms with Crippen molar-refractivity contribution in [2.45, 2.75) is 45.8 Å². The molecule has 0 unspecified atom stereocenters. The number of likely N-dealkylation sites (tertiary alicyclic amines) is 1. The molecule has 0 radical (unpaired) electrons. The zero-order valence-electron chi connectivity index (χ0n) is 18.7. The summed E-state index contributed by atoms with van der Waals surface area (Å²) in [5.74, 6) is 2.24. The molecule has 1 aliphatic heterocycles. The van der Waals surface area contributed by atoms with Gasteiger partial charge >= 0.3 is 6.09 Å². The molecule has 2 rings (SSSR count). The van der Waals surface area contributed by atoms with Gasteiger partial charge in [-0.05, 0) is 45.6 Å². The molecule has 0 aliphatic carbocycles. The van der Waals surface area contributed by atoms with Crippen LogP contribution in [0.1, 0.15) is 39.2 Å². The predicted octanol–water partition coefficient (Wildman–Crippen LogP) is 3.35. The molecule has 1 amide bonds. The van der Waals surface area contributed by atoms with E-state index in [0.717, 1.165) is 49.7 Å². The zero-order chi connectivity index (χ0) is 21.4. The lowest BCUT2D eigenvalue weighted by molar-refractivity contribution is 0.0185. The highest BCUT2D eigenvalue weighted by Gasteiger charge is 2.27. The van der Waals surface area contributed by atoms with Crippen LogP contribution in [0.3, 0.4) is 0 Å². The predicted molar refractivity (Wildman–Crippen MR) is 116 cm³/mol. The molecule has 1 aromatic rings. The second-order valence-corrected chi connectivity index (χ2v) is 8.51. The Hall–Kier alpha value is -2.44. The van der Waals surface area contributed by atoms with Crippen molar-refractivity contribution in [1.29, 1.82) is 0 Å². The van der Waals surface area contributed by atoms with E-state index in [4.69, 9.17) is 9.47 Å². The molecule has 1 N–H and O–H groups in total. The number of para-hydroxylation sites is 1. The Bertz CT molecular complexity index is 692. The third-order valence-electron chi connectivity index (χ3n) is 4.99. The SMILES string of the molecule is CN=C(NCC1CCN(C(=O)OC(C)(C)C)CC1)N(C)Cc1ccccc1OC. The third-order valence-corrected chi connectivity index (χ3v) is 4.99. The van der Waals surface area contributed by atoms with Crippen LogP contribution in [0.4, 0.5) is 4.79 Å². The molecule has 29 heavy (non-hydrogen) atoms. The molecule has 7 heteroatoms. The number of nitrogens with one attached hydrogen (secondary N) is 1. The molecular weight excluding hydrogens is 368 g/mol. The molecule has 7 nitrogen and oxygen atoms in total. The number of carbonyl (C=O) groups is 1. The number of guanidine groups is 1. The standard InChI is InChI=1S/C22H36N4O3/c1-22(2,3)29-21(27)26-13-11-17(12-14-26)15-24-20(23-4)25(5)16-18-9-7-8-10-19(18)28-6/h7-10,17H,11-16H2,1-6H3,(H,23,24). The number of hydrogen-bond donors (Lipinski definition) is 1. The summed E-state index contributed by atoms with van der Waals surface area (Å²) in [7, 11) is 5.51. The van der Waals surface area contributed by atoms with Crippen molar-refractivity contribution >= 4 is 12.1 Å². The highest BCUT2D eigenvalue weighted by Crippen LogP contribution is 2.20. The number of ether oxygens (including phenoxy) is 2. The van der Waals surface area contributed by atoms with Crippen molar-refractivity contribution in [3.63, 3.8) is 0 Å². The number of rotatable bonds is 5. The number of benzene rings is 1. The van der Waals surface area contributed by atoms with Gasteiger partial charge in [0.15, 0.2) is 5.96 Å². The van der Waals surface area contributed by atoms with Crippen molar-refractivity contribution in [3.05, 3.63) is 29.8 Å². The monoisotopic (exact) mass is 404 g/mol. The lowest BCUT2D eigenvalue weighted by Gasteiger charge is -2.34. The first-order valence-electron chi connectivity index (χ1n) is 10.2.